The van der Waals surface area contributed by atoms with Crippen molar-refractivity contribution in [3.63, 3.8) is 0 Å². The molecule has 0 saturated carbocycles. The number of rotatable bonds is 8. The van der Waals surface area contributed by atoms with Crippen LogP contribution in [0, 0.1) is 5.92 Å². The van der Waals surface area contributed by atoms with Crippen molar-refractivity contribution >= 4 is 12.4 Å². The lowest BCUT2D eigenvalue weighted by Crippen LogP contribution is -2.51. The molecule has 1 heterocycles. The zero-order chi connectivity index (χ0) is 18.4. The first kappa shape index (κ1) is 23.5. The average Bonchev–Trinajstić information content (AvgIpc) is 2.61. The Hall–Kier alpha value is -0.570. The summed E-state index contributed by atoms with van der Waals surface area (Å²) in [7, 11) is 0. The average molecular weight is 382 g/mol. The molecular weight excluding hydrogens is 342 g/mol. The summed E-state index contributed by atoms with van der Waals surface area (Å²) in [5, 5.41) is 3.66. The van der Waals surface area contributed by atoms with Crippen LogP contribution in [0.4, 0.5) is 0 Å². The van der Waals surface area contributed by atoms with Crippen LogP contribution >= 0.6 is 12.4 Å². The summed E-state index contributed by atoms with van der Waals surface area (Å²) in [6, 6.07) is 9.96. The monoisotopic (exact) mass is 381 g/mol. The van der Waals surface area contributed by atoms with Crippen LogP contribution in [0.3, 0.4) is 0 Å². The molecule has 0 spiro atoms. The molecule has 1 fully saturated rings. The molecule has 1 saturated heterocycles. The lowest BCUT2D eigenvalue weighted by atomic mass is 9.73. The second-order valence-electron chi connectivity index (χ2n) is 8.25. The van der Waals surface area contributed by atoms with Gasteiger partial charge in [-0.3, -0.25) is 0 Å². The van der Waals surface area contributed by atoms with Crippen molar-refractivity contribution in [2.45, 2.75) is 97.3 Å². The van der Waals surface area contributed by atoms with E-state index in [2.05, 4.69) is 71.1 Å². The molecule has 0 bridgehead atoms. The zero-order valence-corrected chi connectivity index (χ0v) is 18.5. The highest BCUT2D eigenvalue weighted by Crippen LogP contribution is 2.35. The third-order valence-corrected chi connectivity index (χ3v) is 6.52. The standard InChI is InChI=1S/C23H39NO.ClH/c1-7-23(8-2,9-3)21-12-10-20(11-13-21)14-17(4)15-22-19(6)25-18(5)16-24-22;/h10-13,17-19,22,24H,7-9,14-16H2,1-6H3;1H. The molecule has 0 radical (unpaired) electrons. The van der Waals surface area contributed by atoms with Crippen molar-refractivity contribution < 1.29 is 4.74 Å². The van der Waals surface area contributed by atoms with Crippen LogP contribution < -0.4 is 5.32 Å². The van der Waals surface area contributed by atoms with E-state index in [1.165, 1.54) is 36.8 Å². The second-order valence-corrected chi connectivity index (χ2v) is 8.25. The minimum atomic E-state index is 0. The maximum atomic E-state index is 5.98. The van der Waals surface area contributed by atoms with Crippen molar-refractivity contribution in [1.82, 2.24) is 5.32 Å². The molecule has 0 aliphatic carbocycles. The summed E-state index contributed by atoms with van der Waals surface area (Å²) in [5.74, 6) is 0.663. The SMILES string of the molecule is CCC(CC)(CC)c1ccc(CC(C)CC2NCC(C)OC2C)cc1.Cl. The summed E-state index contributed by atoms with van der Waals surface area (Å²) >= 11 is 0. The predicted molar refractivity (Wildman–Crippen MR) is 116 cm³/mol. The molecular formula is C23H40ClNO. The zero-order valence-electron chi connectivity index (χ0n) is 17.7. The Morgan fingerprint density at radius 2 is 1.65 bits per heavy atom. The highest BCUT2D eigenvalue weighted by Gasteiger charge is 2.27. The van der Waals surface area contributed by atoms with Crippen LogP contribution in [-0.2, 0) is 16.6 Å². The van der Waals surface area contributed by atoms with Crippen LogP contribution in [0.5, 0.6) is 0 Å². The van der Waals surface area contributed by atoms with Crippen LogP contribution in [-0.4, -0.2) is 24.8 Å². The maximum Gasteiger partial charge on any atom is 0.0704 e. The van der Waals surface area contributed by atoms with Crippen molar-refractivity contribution in [2.24, 2.45) is 5.92 Å². The number of nitrogens with one attached hydrogen (secondary N) is 1. The van der Waals surface area contributed by atoms with Crippen LogP contribution in [0.25, 0.3) is 0 Å². The molecule has 1 aromatic carbocycles. The molecule has 4 unspecified atom stereocenters. The number of halogens is 1. The topological polar surface area (TPSA) is 21.3 Å². The molecule has 3 heteroatoms. The van der Waals surface area contributed by atoms with Gasteiger partial charge in [0, 0.05) is 12.6 Å². The molecule has 1 aliphatic heterocycles. The van der Waals surface area contributed by atoms with E-state index in [-0.39, 0.29) is 12.4 Å². The van der Waals surface area contributed by atoms with Gasteiger partial charge < -0.3 is 10.1 Å². The van der Waals surface area contributed by atoms with E-state index in [0.29, 0.717) is 29.6 Å². The van der Waals surface area contributed by atoms with Gasteiger partial charge in [0.15, 0.2) is 0 Å². The predicted octanol–water partition coefficient (Wildman–Crippen LogP) is 5.91. The van der Waals surface area contributed by atoms with Crippen molar-refractivity contribution in [3.8, 4) is 0 Å². The first-order chi connectivity index (χ1) is 11.9. The molecule has 1 aliphatic rings. The lowest BCUT2D eigenvalue weighted by molar-refractivity contribution is -0.0481. The lowest BCUT2D eigenvalue weighted by Gasteiger charge is -2.35. The maximum absolute atomic E-state index is 5.98. The summed E-state index contributed by atoms with van der Waals surface area (Å²) in [5.41, 5.74) is 3.34. The molecule has 2 nitrogen and oxygen atoms in total. The van der Waals surface area contributed by atoms with Gasteiger partial charge >= 0.3 is 0 Å². The Kier molecular flexibility index (Phi) is 9.64. The molecule has 2 rings (SSSR count). The summed E-state index contributed by atoms with van der Waals surface area (Å²) < 4.78 is 5.98. The van der Waals surface area contributed by atoms with E-state index < -0.39 is 0 Å². The van der Waals surface area contributed by atoms with E-state index in [1.807, 2.05) is 0 Å². The van der Waals surface area contributed by atoms with Gasteiger partial charge in [0.1, 0.15) is 0 Å². The Morgan fingerprint density at radius 1 is 1.08 bits per heavy atom. The van der Waals surface area contributed by atoms with Crippen molar-refractivity contribution in [3.05, 3.63) is 35.4 Å². The van der Waals surface area contributed by atoms with E-state index in [0.717, 1.165) is 13.0 Å². The second kappa shape index (κ2) is 10.7. The summed E-state index contributed by atoms with van der Waals surface area (Å²) in [6.07, 6.45) is 6.65. The Balaban J connectivity index is 0.00000338. The van der Waals surface area contributed by atoms with E-state index >= 15 is 0 Å². The first-order valence-corrected chi connectivity index (χ1v) is 10.4. The van der Waals surface area contributed by atoms with Crippen LogP contribution in [0.2, 0.25) is 0 Å². The number of ether oxygens (including phenoxy) is 1. The Morgan fingerprint density at radius 3 is 2.15 bits per heavy atom. The Bertz CT molecular complexity index is 503. The third-order valence-electron chi connectivity index (χ3n) is 6.52. The fraction of sp³-hybridized carbons (Fsp3) is 0.739. The van der Waals surface area contributed by atoms with Gasteiger partial charge in [-0.2, -0.15) is 0 Å². The molecule has 0 amide bonds. The smallest absolute Gasteiger partial charge is 0.0704 e. The molecule has 150 valence electrons. The normalized spacial score (nSPS) is 24.8. The quantitative estimate of drug-likeness (QED) is 0.604. The number of hydrogen-bond donors (Lipinski definition) is 1. The molecule has 26 heavy (non-hydrogen) atoms. The van der Waals surface area contributed by atoms with Gasteiger partial charge in [-0.15, -0.1) is 12.4 Å². The van der Waals surface area contributed by atoms with Gasteiger partial charge in [-0.1, -0.05) is 52.0 Å². The minimum absolute atomic E-state index is 0. The fourth-order valence-electron chi connectivity index (χ4n) is 4.54. The van der Waals surface area contributed by atoms with Gasteiger partial charge in [-0.25, -0.2) is 0 Å². The Labute approximate surface area is 167 Å². The molecule has 4 atom stereocenters. The van der Waals surface area contributed by atoms with E-state index in [1.54, 1.807) is 0 Å². The van der Waals surface area contributed by atoms with Gasteiger partial charge in [0.25, 0.3) is 0 Å². The summed E-state index contributed by atoms with van der Waals surface area (Å²) in [6.45, 7) is 14.7. The van der Waals surface area contributed by atoms with E-state index in [4.69, 9.17) is 4.74 Å². The molecule has 1 aromatic rings. The third kappa shape index (κ3) is 5.71. The number of morpholine rings is 1. The van der Waals surface area contributed by atoms with Crippen molar-refractivity contribution in [2.75, 3.05) is 6.54 Å². The van der Waals surface area contributed by atoms with Gasteiger partial charge in [-0.05, 0) is 68.4 Å². The van der Waals surface area contributed by atoms with Crippen molar-refractivity contribution in [1.29, 1.82) is 0 Å². The number of hydrogen-bond acceptors (Lipinski definition) is 2. The van der Waals surface area contributed by atoms with Crippen LogP contribution in [0.1, 0.15) is 78.4 Å². The van der Waals surface area contributed by atoms with Crippen LogP contribution in [0.15, 0.2) is 24.3 Å². The molecule has 0 aromatic heterocycles. The molecule has 1 N–H and O–H groups in total. The largest absolute Gasteiger partial charge is 0.373 e. The fourth-order valence-corrected chi connectivity index (χ4v) is 4.54. The van der Waals surface area contributed by atoms with Gasteiger partial charge in [0.05, 0.1) is 12.2 Å². The minimum Gasteiger partial charge on any atom is -0.373 e. The summed E-state index contributed by atoms with van der Waals surface area (Å²) in [4.78, 5) is 0. The number of benzene rings is 1. The highest BCUT2D eigenvalue weighted by molar-refractivity contribution is 5.85. The first-order valence-electron chi connectivity index (χ1n) is 10.4. The van der Waals surface area contributed by atoms with Gasteiger partial charge in [0.2, 0.25) is 0 Å². The van der Waals surface area contributed by atoms with E-state index in [9.17, 15) is 0 Å². The highest BCUT2D eigenvalue weighted by atomic mass is 35.5.